The van der Waals surface area contributed by atoms with Crippen LogP contribution in [0.1, 0.15) is 67.2 Å². The Kier molecular flexibility index (Phi) is 8.72. The molecule has 2 fully saturated rings. The molecule has 3 N–H and O–H groups in total. The van der Waals surface area contributed by atoms with Crippen LogP contribution in [0.4, 0.5) is 10.5 Å². The van der Waals surface area contributed by atoms with E-state index in [1.54, 1.807) is 37.8 Å². The highest BCUT2D eigenvalue weighted by molar-refractivity contribution is 6.25. The summed E-state index contributed by atoms with van der Waals surface area (Å²) >= 11 is 0. The van der Waals surface area contributed by atoms with Gasteiger partial charge in [0, 0.05) is 37.8 Å². The van der Waals surface area contributed by atoms with Gasteiger partial charge in [0.1, 0.15) is 18.2 Å². The Labute approximate surface area is 231 Å². The van der Waals surface area contributed by atoms with Crippen LogP contribution >= 0.6 is 0 Å². The zero-order valence-corrected chi connectivity index (χ0v) is 22.9. The zero-order chi connectivity index (χ0) is 29.0. The number of nitrogens with one attached hydrogen (secondary N) is 3. The molecule has 2 saturated heterocycles. The predicted molar refractivity (Wildman–Crippen MR) is 141 cm³/mol. The van der Waals surface area contributed by atoms with E-state index in [1.807, 2.05) is 0 Å². The molecule has 3 aliphatic rings. The lowest BCUT2D eigenvalue weighted by molar-refractivity contribution is -0.137. The van der Waals surface area contributed by atoms with Gasteiger partial charge in [0.25, 0.3) is 11.8 Å². The molecule has 6 amide bonds. The Morgan fingerprint density at radius 2 is 1.77 bits per heavy atom. The fourth-order valence-electron chi connectivity index (χ4n) is 4.92. The minimum absolute atomic E-state index is 0.0476. The van der Waals surface area contributed by atoms with E-state index in [-0.39, 0.29) is 55.7 Å². The summed E-state index contributed by atoms with van der Waals surface area (Å²) in [5, 5.41) is 8.09. The lowest BCUT2D eigenvalue weighted by atomic mass is 10.0. The number of alkyl carbamates (subject to hydrolysis) is 1. The lowest BCUT2D eigenvalue weighted by Gasteiger charge is -2.32. The summed E-state index contributed by atoms with van der Waals surface area (Å²) in [6.07, 6.45) is 0.902. The average molecular weight is 558 g/mol. The number of fused-ring (bicyclic) bond motifs is 1. The van der Waals surface area contributed by atoms with Gasteiger partial charge in [0.15, 0.2) is 0 Å². The van der Waals surface area contributed by atoms with Gasteiger partial charge in [-0.15, -0.1) is 0 Å². The number of imide groups is 2. The van der Waals surface area contributed by atoms with Gasteiger partial charge in [-0.1, -0.05) is 6.07 Å². The van der Waals surface area contributed by atoms with Crippen molar-refractivity contribution in [3.8, 4) is 0 Å². The third-order valence-corrected chi connectivity index (χ3v) is 6.82. The van der Waals surface area contributed by atoms with Crippen LogP contribution in [0.15, 0.2) is 18.2 Å². The van der Waals surface area contributed by atoms with E-state index in [0.717, 1.165) is 4.90 Å². The van der Waals surface area contributed by atoms with E-state index in [9.17, 15) is 28.8 Å². The number of hydrogen-bond acceptors (Lipinski definition) is 9. The maximum atomic E-state index is 13.1. The van der Waals surface area contributed by atoms with Crippen molar-refractivity contribution in [1.29, 1.82) is 0 Å². The summed E-state index contributed by atoms with van der Waals surface area (Å²) in [6.45, 7) is 6.72. The van der Waals surface area contributed by atoms with Gasteiger partial charge in [-0.3, -0.25) is 34.2 Å². The molecule has 0 spiro atoms. The number of likely N-dealkylation sites (tertiary alicyclic amines) is 1. The molecule has 40 heavy (non-hydrogen) atoms. The molecule has 0 bridgehead atoms. The summed E-state index contributed by atoms with van der Waals surface area (Å²) in [4.78, 5) is 76.9. The van der Waals surface area contributed by atoms with Crippen molar-refractivity contribution in [2.75, 3.05) is 38.2 Å². The molecule has 1 unspecified atom stereocenters. The molecular formula is C27H35N5O8. The third kappa shape index (κ3) is 6.76. The molecule has 216 valence electrons. The number of amides is 6. The van der Waals surface area contributed by atoms with Gasteiger partial charge in [-0.2, -0.15) is 0 Å². The molecular weight excluding hydrogens is 522 g/mol. The van der Waals surface area contributed by atoms with E-state index in [2.05, 4.69) is 16.0 Å². The number of ether oxygens (including phenoxy) is 2. The third-order valence-electron chi connectivity index (χ3n) is 6.82. The summed E-state index contributed by atoms with van der Waals surface area (Å²) in [5.41, 5.74) is 0.188. The van der Waals surface area contributed by atoms with E-state index in [0.29, 0.717) is 31.6 Å². The smallest absolute Gasteiger partial charge is 0.407 e. The summed E-state index contributed by atoms with van der Waals surface area (Å²) < 4.78 is 10.8. The highest BCUT2D eigenvalue weighted by Crippen LogP contribution is 2.32. The van der Waals surface area contributed by atoms with Crippen LogP contribution in [0.2, 0.25) is 0 Å². The monoisotopic (exact) mass is 557 g/mol. The van der Waals surface area contributed by atoms with Crippen LogP contribution in [-0.4, -0.2) is 96.0 Å². The minimum Gasteiger partial charge on any atom is -0.444 e. The number of benzene rings is 1. The van der Waals surface area contributed by atoms with Crippen molar-refractivity contribution in [3.63, 3.8) is 0 Å². The highest BCUT2D eigenvalue weighted by Gasteiger charge is 2.45. The van der Waals surface area contributed by atoms with E-state index in [1.165, 1.54) is 6.07 Å². The molecule has 0 saturated carbocycles. The molecule has 3 aliphatic heterocycles. The second kappa shape index (κ2) is 12.0. The summed E-state index contributed by atoms with van der Waals surface area (Å²) in [7, 11) is 0. The van der Waals surface area contributed by atoms with Gasteiger partial charge in [-0.05, 0) is 52.2 Å². The average Bonchev–Trinajstić information content (AvgIpc) is 3.13. The molecule has 0 aromatic heterocycles. The van der Waals surface area contributed by atoms with Crippen LogP contribution in [0.5, 0.6) is 0 Å². The topological polar surface area (TPSA) is 163 Å². The number of carbonyl (C=O) groups is 6. The Bertz CT molecular complexity index is 1200. The van der Waals surface area contributed by atoms with Gasteiger partial charge in [0.05, 0.1) is 17.7 Å². The van der Waals surface area contributed by atoms with E-state index < -0.39 is 41.4 Å². The van der Waals surface area contributed by atoms with Gasteiger partial charge >= 0.3 is 6.09 Å². The Morgan fingerprint density at radius 1 is 1.05 bits per heavy atom. The maximum Gasteiger partial charge on any atom is 0.407 e. The maximum absolute atomic E-state index is 13.1. The van der Waals surface area contributed by atoms with Crippen molar-refractivity contribution < 1.29 is 38.2 Å². The molecule has 13 heteroatoms. The van der Waals surface area contributed by atoms with Crippen molar-refractivity contribution in [2.45, 2.75) is 64.1 Å². The van der Waals surface area contributed by atoms with Crippen molar-refractivity contribution in [1.82, 2.24) is 20.4 Å². The van der Waals surface area contributed by atoms with Crippen LogP contribution in [0, 0.1) is 0 Å². The fraction of sp³-hybridized carbons (Fsp3) is 0.556. The highest BCUT2D eigenvalue weighted by atomic mass is 16.6. The normalized spacial score (nSPS) is 19.8. The van der Waals surface area contributed by atoms with Crippen molar-refractivity contribution in [3.05, 3.63) is 29.3 Å². The first-order valence-electron chi connectivity index (χ1n) is 13.4. The van der Waals surface area contributed by atoms with E-state index in [4.69, 9.17) is 9.47 Å². The Hall–Kier alpha value is -4.00. The first kappa shape index (κ1) is 29.0. The van der Waals surface area contributed by atoms with Crippen LogP contribution < -0.4 is 16.0 Å². The first-order chi connectivity index (χ1) is 18.9. The quantitative estimate of drug-likeness (QED) is 0.313. The fourth-order valence-corrected chi connectivity index (χ4v) is 4.92. The number of hydrogen-bond donors (Lipinski definition) is 3. The molecule has 4 rings (SSSR count). The SMILES string of the molecule is CC(C)(C)OC(=O)NC1CCN(C(=O)COCCNc2cccc3c2C(=O)N(C2CCC(=O)NC2=O)C3=O)CC1. The first-order valence-corrected chi connectivity index (χ1v) is 13.4. The molecule has 3 heterocycles. The number of nitrogens with zero attached hydrogens (tertiary/aromatic N) is 2. The Morgan fingerprint density at radius 3 is 2.45 bits per heavy atom. The molecule has 1 aromatic carbocycles. The second-order valence-electron chi connectivity index (χ2n) is 11.0. The minimum atomic E-state index is -1.04. The van der Waals surface area contributed by atoms with Crippen molar-refractivity contribution in [2.24, 2.45) is 0 Å². The molecule has 1 atom stereocenters. The second-order valence-corrected chi connectivity index (χ2v) is 11.0. The van der Waals surface area contributed by atoms with Crippen LogP contribution in [0.3, 0.4) is 0 Å². The zero-order valence-electron chi connectivity index (χ0n) is 22.9. The van der Waals surface area contributed by atoms with Gasteiger partial charge in [0.2, 0.25) is 17.7 Å². The summed E-state index contributed by atoms with van der Waals surface area (Å²) in [5.74, 6) is -2.43. The largest absolute Gasteiger partial charge is 0.444 e. The van der Waals surface area contributed by atoms with Gasteiger partial charge in [-0.25, -0.2) is 4.79 Å². The van der Waals surface area contributed by atoms with E-state index >= 15 is 0 Å². The molecule has 13 nitrogen and oxygen atoms in total. The lowest BCUT2D eigenvalue weighted by Crippen LogP contribution is -2.54. The predicted octanol–water partition coefficient (Wildman–Crippen LogP) is 1.03. The number of anilines is 1. The van der Waals surface area contributed by atoms with Crippen LogP contribution in [-0.2, 0) is 23.9 Å². The van der Waals surface area contributed by atoms with Gasteiger partial charge < -0.3 is 25.0 Å². The van der Waals surface area contributed by atoms with Crippen LogP contribution in [0.25, 0.3) is 0 Å². The molecule has 0 radical (unpaired) electrons. The van der Waals surface area contributed by atoms with Crippen molar-refractivity contribution >= 4 is 41.3 Å². The molecule has 0 aliphatic carbocycles. The number of carbonyl (C=O) groups excluding carboxylic acids is 6. The summed E-state index contributed by atoms with van der Waals surface area (Å²) in [6, 6.07) is 3.71. The Balaban J connectivity index is 1.21. The number of piperidine rings is 2. The number of rotatable bonds is 8. The standard InChI is InChI=1S/C27H35N5O8/c1-27(2,3)40-26(38)29-16-9-12-31(13-10-16)21(34)15-39-14-11-28-18-6-4-5-17-22(18)25(37)32(24(17)36)19-7-8-20(33)30-23(19)35/h4-6,16,19,28H,7-15H2,1-3H3,(H,29,38)(H,30,33,35). The molecule has 1 aromatic rings.